The monoisotopic (exact) mass is 394 g/mol. The quantitative estimate of drug-likeness (QED) is 0.610. The number of nitrogens with zero attached hydrogens (tertiary/aromatic N) is 3. The molecular formula is C18H23ClN4O2S. The number of aryl methyl sites for hydroxylation is 2. The Hall–Kier alpha value is -1.70. The second-order valence-electron chi connectivity index (χ2n) is 6.25. The number of hydrogen-bond acceptors (Lipinski definition) is 7. The normalized spacial score (nSPS) is 17.8. The predicted molar refractivity (Wildman–Crippen MR) is 107 cm³/mol. The van der Waals surface area contributed by atoms with Gasteiger partial charge < -0.3 is 20.1 Å². The zero-order valence-corrected chi connectivity index (χ0v) is 16.6. The summed E-state index contributed by atoms with van der Waals surface area (Å²) < 4.78 is 11.5. The van der Waals surface area contributed by atoms with Gasteiger partial charge in [-0.3, -0.25) is 0 Å². The molecule has 8 heteroatoms. The van der Waals surface area contributed by atoms with E-state index in [0.717, 1.165) is 35.6 Å². The van der Waals surface area contributed by atoms with Gasteiger partial charge in [0, 0.05) is 24.9 Å². The highest BCUT2D eigenvalue weighted by Crippen LogP contribution is 2.39. The molecule has 0 amide bonds. The van der Waals surface area contributed by atoms with Gasteiger partial charge in [-0.25, -0.2) is 4.98 Å². The average Bonchev–Trinajstić information content (AvgIpc) is 2.84. The Morgan fingerprint density at radius 3 is 2.92 bits per heavy atom. The number of benzene rings is 1. The van der Waals surface area contributed by atoms with Crippen LogP contribution in [0.5, 0.6) is 5.75 Å². The van der Waals surface area contributed by atoms with Crippen molar-refractivity contribution < 1.29 is 9.47 Å². The Bertz CT molecular complexity index is 770. The first-order chi connectivity index (χ1) is 12.5. The highest BCUT2D eigenvalue weighted by molar-refractivity contribution is 7.80. The van der Waals surface area contributed by atoms with Crippen LogP contribution in [0, 0.1) is 13.8 Å². The van der Waals surface area contributed by atoms with Gasteiger partial charge in [-0.2, -0.15) is 4.98 Å². The van der Waals surface area contributed by atoms with Gasteiger partial charge in [0.25, 0.3) is 0 Å². The highest BCUT2D eigenvalue weighted by atomic mass is 35.5. The lowest BCUT2D eigenvalue weighted by Crippen LogP contribution is -2.32. The number of anilines is 2. The summed E-state index contributed by atoms with van der Waals surface area (Å²) in [6.07, 6.45) is 0.892. The highest BCUT2D eigenvalue weighted by Gasteiger charge is 2.28. The summed E-state index contributed by atoms with van der Waals surface area (Å²) in [5.41, 5.74) is 8.60. The molecule has 140 valence electrons. The minimum atomic E-state index is -0.0958. The van der Waals surface area contributed by atoms with Crippen molar-refractivity contribution in [2.24, 2.45) is 0 Å². The maximum absolute atomic E-state index is 6.70. The van der Waals surface area contributed by atoms with Crippen LogP contribution >= 0.6 is 24.2 Å². The van der Waals surface area contributed by atoms with Gasteiger partial charge in [0.05, 0.1) is 17.7 Å². The molecule has 1 saturated heterocycles. The number of rotatable bonds is 4. The van der Waals surface area contributed by atoms with Gasteiger partial charge in [-0.05, 0) is 31.4 Å². The summed E-state index contributed by atoms with van der Waals surface area (Å²) in [5, 5.41) is 0.582. The fourth-order valence-corrected chi connectivity index (χ4v) is 3.72. The van der Waals surface area contributed by atoms with Crippen LogP contribution < -0.4 is 15.4 Å². The molecule has 0 aliphatic carbocycles. The average molecular weight is 395 g/mol. The molecule has 1 aliphatic rings. The van der Waals surface area contributed by atoms with E-state index in [1.807, 2.05) is 32.0 Å². The SMILES string of the molecule is Cc1cc(N2CCCOCC2c2ccc(C)c(OCS)c2Cl)nc(N)n1. The summed E-state index contributed by atoms with van der Waals surface area (Å²) in [5.74, 6) is 1.95. The molecule has 26 heavy (non-hydrogen) atoms. The minimum absolute atomic E-state index is 0.0958. The number of nitrogens with two attached hydrogens (primary N) is 1. The molecule has 3 rings (SSSR count). The van der Waals surface area contributed by atoms with Crippen LogP contribution in [0.3, 0.4) is 0 Å². The van der Waals surface area contributed by atoms with Gasteiger partial charge in [0.2, 0.25) is 5.95 Å². The standard InChI is InChI=1S/C18H23ClN4O2S/c1-11-4-5-13(16(19)17(11)25-10-26)14-9-24-7-3-6-23(14)15-8-12(2)21-18(20)22-15/h4-5,8,14,26H,3,6-7,9-10H2,1-2H3,(H2,20,21,22). The maximum atomic E-state index is 6.70. The van der Waals surface area contributed by atoms with Crippen molar-refractivity contribution in [1.29, 1.82) is 0 Å². The fraction of sp³-hybridized carbons (Fsp3) is 0.444. The van der Waals surface area contributed by atoms with Gasteiger partial charge in [0.15, 0.2) is 0 Å². The second kappa shape index (κ2) is 8.33. The van der Waals surface area contributed by atoms with Gasteiger partial charge in [-0.1, -0.05) is 23.7 Å². The van der Waals surface area contributed by atoms with E-state index >= 15 is 0 Å². The molecule has 2 N–H and O–H groups in total. The summed E-state index contributed by atoms with van der Waals surface area (Å²) in [6, 6.07) is 5.86. The molecule has 0 radical (unpaired) electrons. The van der Waals surface area contributed by atoms with Crippen molar-refractivity contribution in [2.45, 2.75) is 26.3 Å². The fourth-order valence-electron chi connectivity index (χ4n) is 3.20. The molecule has 2 aromatic rings. The van der Waals surface area contributed by atoms with Crippen molar-refractivity contribution in [2.75, 3.05) is 36.3 Å². The van der Waals surface area contributed by atoms with Crippen LogP contribution in [0.25, 0.3) is 0 Å². The molecule has 0 spiro atoms. The Kier molecular flexibility index (Phi) is 6.11. The van der Waals surface area contributed by atoms with Gasteiger partial charge >= 0.3 is 0 Å². The molecule has 0 bridgehead atoms. The molecule has 1 fully saturated rings. The second-order valence-corrected chi connectivity index (χ2v) is 6.89. The van der Waals surface area contributed by atoms with Crippen LogP contribution in [0.2, 0.25) is 5.02 Å². The first kappa shape index (κ1) is 19.1. The smallest absolute Gasteiger partial charge is 0.222 e. The Morgan fingerprint density at radius 1 is 1.38 bits per heavy atom. The maximum Gasteiger partial charge on any atom is 0.222 e. The van der Waals surface area contributed by atoms with Crippen molar-refractivity contribution in [3.8, 4) is 5.75 Å². The summed E-state index contributed by atoms with van der Waals surface area (Å²) in [6.45, 7) is 5.85. The van der Waals surface area contributed by atoms with E-state index < -0.39 is 0 Å². The molecule has 1 atom stereocenters. The summed E-state index contributed by atoms with van der Waals surface area (Å²) in [7, 11) is 0. The molecular weight excluding hydrogens is 372 g/mol. The van der Waals surface area contributed by atoms with Gasteiger partial charge in [-0.15, -0.1) is 12.6 Å². The summed E-state index contributed by atoms with van der Waals surface area (Å²) >= 11 is 10.9. The Labute approximate surface area is 164 Å². The zero-order valence-electron chi connectivity index (χ0n) is 14.9. The van der Waals surface area contributed by atoms with E-state index in [2.05, 4.69) is 27.5 Å². The van der Waals surface area contributed by atoms with E-state index in [0.29, 0.717) is 24.0 Å². The number of halogens is 1. The number of aromatic nitrogens is 2. The van der Waals surface area contributed by atoms with Crippen molar-refractivity contribution >= 4 is 36.0 Å². The first-order valence-electron chi connectivity index (χ1n) is 8.49. The third kappa shape index (κ3) is 4.00. The van der Waals surface area contributed by atoms with Crippen LogP contribution in [-0.2, 0) is 4.74 Å². The van der Waals surface area contributed by atoms with E-state index in [9.17, 15) is 0 Å². The van der Waals surface area contributed by atoms with E-state index in [4.69, 9.17) is 26.8 Å². The van der Waals surface area contributed by atoms with Crippen molar-refractivity contribution in [3.05, 3.63) is 40.0 Å². The van der Waals surface area contributed by atoms with Crippen LogP contribution in [0.4, 0.5) is 11.8 Å². The zero-order chi connectivity index (χ0) is 18.7. The molecule has 6 nitrogen and oxygen atoms in total. The van der Waals surface area contributed by atoms with Crippen LogP contribution in [-0.4, -0.2) is 35.7 Å². The van der Waals surface area contributed by atoms with E-state index in [-0.39, 0.29) is 17.9 Å². The minimum Gasteiger partial charge on any atom is -0.481 e. The lowest BCUT2D eigenvalue weighted by Gasteiger charge is -2.32. The van der Waals surface area contributed by atoms with E-state index in [1.165, 1.54) is 0 Å². The Morgan fingerprint density at radius 2 is 2.19 bits per heavy atom. The van der Waals surface area contributed by atoms with Crippen molar-refractivity contribution in [3.63, 3.8) is 0 Å². The number of hydrogen-bond donors (Lipinski definition) is 2. The number of ether oxygens (including phenoxy) is 2. The third-order valence-corrected chi connectivity index (χ3v) is 4.90. The molecule has 1 unspecified atom stereocenters. The molecule has 1 aromatic heterocycles. The lowest BCUT2D eigenvalue weighted by atomic mass is 10.0. The number of thiol groups is 1. The lowest BCUT2D eigenvalue weighted by molar-refractivity contribution is 0.134. The first-order valence-corrected chi connectivity index (χ1v) is 9.50. The van der Waals surface area contributed by atoms with E-state index in [1.54, 1.807) is 0 Å². The largest absolute Gasteiger partial charge is 0.481 e. The summed E-state index contributed by atoms with van der Waals surface area (Å²) in [4.78, 5) is 10.8. The van der Waals surface area contributed by atoms with Crippen molar-refractivity contribution in [1.82, 2.24) is 9.97 Å². The number of nitrogen functional groups attached to an aromatic ring is 1. The van der Waals surface area contributed by atoms with Gasteiger partial charge in [0.1, 0.15) is 17.5 Å². The molecule has 1 aromatic carbocycles. The molecule has 1 aliphatic heterocycles. The molecule has 2 heterocycles. The predicted octanol–water partition coefficient (Wildman–Crippen LogP) is 3.56. The topological polar surface area (TPSA) is 73.5 Å². The third-order valence-electron chi connectivity index (χ3n) is 4.38. The van der Waals surface area contributed by atoms with Crippen LogP contribution in [0.15, 0.2) is 18.2 Å². The van der Waals surface area contributed by atoms with Crippen LogP contribution in [0.1, 0.15) is 29.3 Å². The Balaban J connectivity index is 2.06. The molecule has 0 saturated carbocycles.